The fourth-order valence-corrected chi connectivity index (χ4v) is 4.22. The highest BCUT2D eigenvalue weighted by Gasteiger charge is 2.36. The van der Waals surface area contributed by atoms with E-state index in [-0.39, 0.29) is 12.2 Å². The zero-order valence-corrected chi connectivity index (χ0v) is 17.9. The summed E-state index contributed by atoms with van der Waals surface area (Å²) >= 11 is 0. The second-order valence-corrected chi connectivity index (χ2v) is 8.14. The summed E-state index contributed by atoms with van der Waals surface area (Å²) in [5.74, 6) is 3.10. The lowest BCUT2D eigenvalue weighted by Crippen LogP contribution is -2.40. The molecule has 2 aromatic heterocycles. The quantitative estimate of drug-likeness (QED) is 0.670. The summed E-state index contributed by atoms with van der Waals surface area (Å²) in [5, 5.41) is 3.63. The van der Waals surface area contributed by atoms with Crippen LogP contribution < -0.4 is 14.8 Å². The normalized spacial score (nSPS) is 16.8. The van der Waals surface area contributed by atoms with Crippen LogP contribution in [0.5, 0.6) is 11.5 Å². The van der Waals surface area contributed by atoms with Crippen molar-refractivity contribution in [1.82, 2.24) is 15.0 Å². The summed E-state index contributed by atoms with van der Waals surface area (Å²) in [6, 6.07) is 12.0. The van der Waals surface area contributed by atoms with E-state index in [0.29, 0.717) is 5.82 Å². The van der Waals surface area contributed by atoms with Crippen LogP contribution in [0.4, 0.5) is 5.82 Å². The number of hydrogen-bond acceptors (Lipinski definition) is 7. The van der Waals surface area contributed by atoms with E-state index in [4.69, 9.17) is 19.2 Å². The van der Waals surface area contributed by atoms with E-state index >= 15 is 0 Å². The van der Waals surface area contributed by atoms with Crippen LogP contribution in [-0.2, 0) is 10.2 Å². The van der Waals surface area contributed by atoms with Gasteiger partial charge in [-0.1, -0.05) is 12.1 Å². The van der Waals surface area contributed by atoms with Crippen LogP contribution in [0.2, 0.25) is 0 Å². The Kier molecular flexibility index (Phi) is 5.19. The standard InChI is InChI=1S/C24H26N4O3/c1-16-17(2)27-23(19-5-3-4-10-25-19)28-22(16)26-14-24(8-11-29-12-9-24)18-6-7-20-21(13-18)31-15-30-20/h3-7,10,13H,8-9,11-12,14-15H2,1-2H3,(H,26,27,28). The Morgan fingerprint density at radius 2 is 1.84 bits per heavy atom. The Hall–Kier alpha value is -3.19. The van der Waals surface area contributed by atoms with Crippen molar-refractivity contribution in [3.05, 3.63) is 59.4 Å². The number of nitrogens with one attached hydrogen (secondary N) is 1. The van der Waals surface area contributed by atoms with Crippen LogP contribution in [-0.4, -0.2) is 41.5 Å². The zero-order valence-electron chi connectivity index (χ0n) is 17.9. The Morgan fingerprint density at radius 3 is 2.65 bits per heavy atom. The van der Waals surface area contributed by atoms with Gasteiger partial charge in [0.15, 0.2) is 17.3 Å². The molecule has 31 heavy (non-hydrogen) atoms. The molecule has 5 rings (SSSR count). The fraction of sp³-hybridized carbons (Fsp3) is 0.375. The van der Waals surface area contributed by atoms with Crippen LogP contribution in [0.3, 0.4) is 0 Å². The van der Waals surface area contributed by atoms with Crippen molar-refractivity contribution in [3.8, 4) is 23.0 Å². The molecule has 1 aromatic carbocycles. The first-order chi connectivity index (χ1) is 15.1. The summed E-state index contributed by atoms with van der Waals surface area (Å²) in [6.07, 6.45) is 3.61. The average Bonchev–Trinajstić information content (AvgIpc) is 3.29. The number of anilines is 1. The lowest BCUT2D eigenvalue weighted by Gasteiger charge is -2.38. The molecule has 4 heterocycles. The maximum atomic E-state index is 5.69. The van der Waals surface area contributed by atoms with Crippen LogP contribution in [0.25, 0.3) is 11.5 Å². The minimum Gasteiger partial charge on any atom is -0.454 e. The van der Waals surface area contributed by atoms with Gasteiger partial charge in [0.25, 0.3) is 0 Å². The molecule has 3 aromatic rings. The van der Waals surface area contributed by atoms with Crippen molar-refractivity contribution >= 4 is 5.82 Å². The van der Waals surface area contributed by atoms with E-state index in [1.165, 1.54) is 5.56 Å². The highest BCUT2D eigenvalue weighted by Crippen LogP contribution is 2.41. The molecule has 2 aliphatic rings. The Labute approximate surface area is 181 Å². The maximum absolute atomic E-state index is 5.69. The molecule has 0 spiro atoms. The summed E-state index contributed by atoms with van der Waals surface area (Å²) in [5.41, 5.74) is 3.93. The van der Waals surface area contributed by atoms with Crippen LogP contribution in [0.1, 0.15) is 29.7 Å². The first kappa shape index (κ1) is 19.8. The van der Waals surface area contributed by atoms with Gasteiger partial charge >= 0.3 is 0 Å². The molecule has 160 valence electrons. The molecule has 2 aliphatic heterocycles. The minimum absolute atomic E-state index is 0.0737. The number of ether oxygens (including phenoxy) is 3. The first-order valence-corrected chi connectivity index (χ1v) is 10.6. The maximum Gasteiger partial charge on any atom is 0.231 e. The summed E-state index contributed by atoms with van der Waals surface area (Å²) in [4.78, 5) is 13.9. The van der Waals surface area contributed by atoms with E-state index in [2.05, 4.69) is 34.3 Å². The number of benzene rings is 1. The van der Waals surface area contributed by atoms with E-state index < -0.39 is 0 Å². The molecule has 0 saturated carbocycles. The number of pyridine rings is 1. The van der Waals surface area contributed by atoms with Gasteiger partial charge in [-0.25, -0.2) is 9.97 Å². The van der Waals surface area contributed by atoms with E-state index in [1.54, 1.807) is 6.20 Å². The zero-order chi connectivity index (χ0) is 21.3. The van der Waals surface area contributed by atoms with Gasteiger partial charge in [0.2, 0.25) is 6.79 Å². The van der Waals surface area contributed by atoms with Gasteiger partial charge in [0, 0.05) is 42.6 Å². The number of nitrogens with zero attached hydrogens (tertiary/aromatic N) is 3. The Bertz CT molecular complexity index is 1080. The molecule has 7 heteroatoms. The monoisotopic (exact) mass is 418 g/mol. The van der Waals surface area contributed by atoms with Gasteiger partial charge in [-0.2, -0.15) is 0 Å². The van der Waals surface area contributed by atoms with E-state index in [0.717, 1.165) is 66.9 Å². The smallest absolute Gasteiger partial charge is 0.231 e. The minimum atomic E-state index is -0.0737. The summed E-state index contributed by atoms with van der Waals surface area (Å²) in [6.45, 7) is 6.56. The molecule has 0 atom stereocenters. The van der Waals surface area contributed by atoms with Gasteiger partial charge in [-0.15, -0.1) is 0 Å². The molecule has 0 aliphatic carbocycles. The van der Waals surface area contributed by atoms with Gasteiger partial charge in [0.05, 0.1) is 0 Å². The third-order valence-electron chi connectivity index (χ3n) is 6.31. The van der Waals surface area contributed by atoms with Crippen molar-refractivity contribution in [1.29, 1.82) is 0 Å². The first-order valence-electron chi connectivity index (χ1n) is 10.6. The third-order valence-corrected chi connectivity index (χ3v) is 6.31. The third kappa shape index (κ3) is 3.81. The molecule has 0 bridgehead atoms. The molecule has 0 unspecified atom stereocenters. The number of hydrogen-bond donors (Lipinski definition) is 1. The number of fused-ring (bicyclic) bond motifs is 1. The van der Waals surface area contributed by atoms with Crippen LogP contribution in [0, 0.1) is 13.8 Å². The lowest BCUT2D eigenvalue weighted by atomic mass is 9.74. The molecule has 1 saturated heterocycles. The second-order valence-electron chi connectivity index (χ2n) is 8.14. The van der Waals surface area contributed by atoms with Gasteiger partial charge in [-0.3, -0.25) is 4.98 Å². The Morgan fingerprint density at radius 1 is 1.00 bits per heavy atom. The molecule has 1 N–H and O–H groups in total. The van der Waals surface area contributed by atoms with Crippen molar-refractivity contribution < 1.29 is 14.2 Å². The lowest BCUT2D eigenvalue weighted by molar-refractivity contribution is 0.0543. The second kappa shape index (κ2) is 8.15. The summed E-state index contributed by atoms with van der Waals surface area (Å²) < 4.78 is 16.8. The topological polar surface area (TPSA) is 78.4 Å². The van der Waals surface area contributed by atoms with Crippen molar-refractivity contribution in [3.63, 3.8) is 0 Å². The molecular formula is C24H26N4O3. The van der Waals surface area contributed by atoms with Crippen LogP contribution >= 0.6 is 0 Å². The van der Waals surface area contributed by atoms with E-state index in [9.17, 15) is 0 Å². The highest BCUT2D eigenvalue weighted by atomic mass is 16.7. The molecule has 0 amide bonds. The number of rotatable bonds is 5. The van der Waals surface area contributed by atoms with E-state index in [1.807, 2.05) is 31.2 Å². The van der Waals surface area contributed by atoms with Crippen molar-refractivity contribution in [2.45, 2.75) is 32.1 Å². The predicted molar refractivity (Wildman–Crippen MR) is 118 cm³/mol. The average molecular weight is 418 g/mol. The molecule has 1 fully saturated rings. The fourth-order valence-electron chi connectivity index (χ4n) is 4.22. The molecule has 0 radical (unpaired) electrons. The van der Waals surface area contributed by atoms with Gasteiger partial charge in [-0.05, 0) is 56.5 Å². The number of aryl methyl sites for hydroxylation is 1. The highest BCUT2D eigenvalue weighted by molar-refractivity contribution is 5.56. The van der Waals surface area contributed by atoms with Gasteiger partial charge < -0.3 is 19.5 Å². The molecular weight excluding hydrogens is 392 g/mol. The predicted octanol–water partition coefficient (Wildman–Crippen LogP) is 4.04. The van der Waals surface area contributed by atoms with Gasteiger partial charge in [0.1, 0.15) is 11.5 Å². The largest absolute Gasteiger partial charge is 0.454 e. The molecule has 7 nitrogen and oxygen atoms in total. The summed E-state index contributed by atoms with van der Waals surface area (Å²) in [7, 11) is 0. The van der Waals surface area contributed by atoms with Crippen molar-refractivity contribution in [2.24, 2.45) is 0 Å². The Balaban J connectivity index is 1.46. The number of aromatic nitrogens is 3. The SMILES string of the molecule is Cc1nc(-c2ccccn2)nc(NCC2(c3ccc4c(c3)OCO4)CCOCC2)c1C. The van der Waals surface area contributed by atoms with Crippen LogP contribution in [0.15, 0.2) is 42.6 Å². The van der Waals surface area contributed by atoms with Crippen molar-refractivity contribution in [2.75, 3.05) is 31.9 Å².